The van der Waals surface area contributed by atoms with E-state index in [1.54, 1.807) is 28.8 Å². The summed E-state index contributed by atoms with van der Waals surface area (Å²) < 4.78 is 47.9. The Labute approximate surface area is 199 Å². The maximum Gasteiger partial charge on any atom is 0.337 e. The number of aromatic nitrogens is 1. The van der Waals surface area contributed by atoms with E-state index < -0.39 is 33.8 Å². The predicted molar refractivity (Wildman–Crippen MR) is 125 cm³/mol. The second kappa shape index (κ2) is 9.61. The van der Waals surface area contributed by atoms with Crippen molar-refractivity contribution in [1.82, 2.24) is 8.87 Å². The van der Waals surface area contributed by atoms with Crippen molar-refractivity contribution in [2.24, 2.45) is 4.99 Å². The van der Waals surface area contributed by atoms with Crippen LogP contribution in [0.2, 0.25) is 0 Å². The average Bonchev–Trinajstić information content (AvgIpc) is 3.45. The highest BCUT2D eigenvalue weighted by Crippen LogP contribution is 2.27. The normalized spacial score (nSPS) is 17.2. The minimum absolute atomic E-state index is 0.0764. The molecule has 1 aliphatic rings. The van der Waals surface area contributed by atoms with E-state index in [1.165, 1.54) is 30.6 Å². The molecule has 2 heterocycles. The molecule has 1 aromatic heterocycles. The Bertz CT molecular complexity index is 1440. The number of methoxy groups -OCH3 is 1. The number of hydrogen-bond acceptors (Lipinski definition) is 6. The number of esters is 1. The van der Waals surface area contributed by atoms with E-state index in [-0.39, 0.29) is 11.4 Å². The number of ether oxygens (including phenoxy) is 1. The lowest BCUT2D eigenvalue weighted by Gasteiger charge is -2.21. The van der Waals surface area contributed by atoms with E-state index >= 15 is 0 Å². The molecule has 1 aliphatic heterocycles. The van der Waals surface area contributed by atoms with Gasteiger partial charge in [-0.25, -0.2) is 17.6 Å². The summed E-state index contributed by atoms with van der Waals surface area (Å²) in [7, 11) is -2.69. The highest BCUT2D eigenvalue weighted by atomic mass is 32.2. The number of halogens is 1. The Balaban J connectivity index is 1.73. The zero-order valence-electron chi connectivity index (χ0n) is 18.3. The largest absolute Gasteiger partial charge is 0.465 e. The summed E-state index contributed by atoms with van der Waals surface area (Å²) in [6.07, 6.45) is 2.50. The first-order chi connectivity index (χ1) is 16.3. The van der Waals surface area contributed by atoms with Crippen LogP contribution in [-0.2, 0) is 26.1 Å². The van der Waals surface area contributed by atoms with Gasteiger partial charge in [0.25, 0.3) is 5.91 Å². The molecule has 0 N–H and O–H groups in total. The summed E-state index contributed by atoms with van der Waals surface area (Å²) in [4.78, 5) is 29.6. The summed E-state index contributed by atoms with van der Waals surface area (Å²) in [5.41, 5.74) is 1.12. The molecule has 0 spiro atoms. The first-order valence-electron chi connectivity index (χ1n) is 10.4. The van der Waals surface area contributed by atoms with E-state index in [0.717, 1.165) is 26.7 Å². The SMILES string of the molecule is C=CCn1c(=NC(=O)C2CCCN2S(=O)(=O)c2ccc(F)cc2)sc2cc(C(=O)OC)ccc21. The summed E-state index contributed by atoms with van der Waals surface area (Å²) in [5.74, 6) is -1.61. The topological polar surface area (TPSA) is 98.0 Å². The molecule has 1 unspecified atom stereocenters. The number of hydrogen-bond donors (Lipinski definition) is 0. The van der Waals surface area contributed by atoms with Crippen LogP contribution in [0.25, 0.3) is 10.2 Å². The van der Waals surface area contributed by atoms with Crippen molar-refractivity contribution in [2.45, 2.75) is 30.3 Å². The van der Waals surface area contributed by atoms with E-state index in [2.05, 4.69) is 11.6 Å². The molecule has 1 amide bonds. The number of thiazole rings is 1. The Kier molecular flexibility index (Phi) is 6.78. The van der Waals surface area contributed by atoms with Crippen LogP contribution in [0, 0.1) is 5.82 Å². The van der Waals surface area contributed by atoms with Crippen LogP contribution in [0.15, 0.2) is 65.0 Å². The van der Waals surface area contributed by atoms with Crippen molar-refractivity contribution < 1.29 is 27.1 Å². The van der Waals surface area contributed by atoms with Crippen molar-refractivity contribution in [3.8, 4) is 0 Å². The molecular formula is C23H22FN3O5S2. The molecule has 11 heteroatoms. The van der Waals surface area contributed by atoms with Crippen LogP contribution in [-0.4, -0.2) is 48.9 Å². The van der Waals surface area contributed by atoms with Gasteiger partial charge in [-0.1, -0.05) is 17.4 Å². The maximum atomic E-state index is 13.3. The molecule has 0 radical (unpaired) electrons. The average molecular weight is 504 g/mol. The lowest BCUT2D eigenvalue weighted by atomic mass is 10.2. The number of fused-ring (bicyclic) bond motifs is 1. The molecule has 1 fully saturated rings. The van der Waals surface area contributed by atoms with E-state index in [0.29, 0.717) is 29.8 Å². The molecule has 178 valence electrons. The van der Waals surface area contributed by atoms with Gasteiger partial charge in [-0.3, -0.25) is 4.79 Å². The minimum atomic E-state index is -3.99. The van der Waals surface area contributed by atoms with Gasteiger partial charge in [0.1, 0.15) is 11.9 Å². The van der Waals surface area contributed by atoms with Crippen molar-refractivity contribution in [1.29, 1.82) is 0 Å². The minimum Gasteiger partial charge on any atom is -0.465 e. The van der Waals surface area contributed by atoms with Gasteiger partial charge >= 0.3 is 5.97 Å². The van der Waals surface area contributed by atoms with Crippen LogP contribution < -0.4 is 4.80 Å². The standard InChI is InChI=1S/C23H22FN3O5S2/c1-3-12-26-18-11-6-15(22(29)32-2)14-20(18)33-23(26)25-21(28)19-5-4-13-27(19)34(30,31)17-9-7-16(24)8-10-17/h3,6-11,14,19H,1,4-5,12-13H2,2H3. The molecule has 2 aromatic carbocycles. The Hall–Kier alpha value is -3.15. The number of nitrogens with zero attached hydrogens (tertiary/aromatic N) is 3. The number of amides is 1. The van der Waals surface area contributed by atoms with E-state index in [9.17, 15) is 22.4 Å². The van der Waals surface area contributed by atoms with Gasteiger partial charge in [-0.2, -0.15) is 9.30 Å². The fourth-order valence-electron chi connectivity index (χ4n) is 3.89. The molecule has 1 atom stereocenters. The van der Waals surface area contributed by atoms with Gasteiger partial charge in [-0.05, 0) is 55.3 Å². The van der Waals surface area contributed by atoms with Crippen molar-refractivity contribution in [3.05, 3.63) is 71.3 Å². The number of rotatable bonds is 6. The molecule has 3 aromatic rings. The highest BCUT2D eigenvalue weighted by Gasteiger charge is 2.39. The van der Waals surface area contributed by atoms with E-state index in [1.807, 2.05) is 0 Å². The quantitative estimate of drug-likeness (QED) is 0.380. The molecule has 0 aliphatic carbocycles. The highest BCUT2D eigenvalue weighted by molar-refractivity contribution is 7.89. The number of allylic oxidation sites excluding steroid dienone is 1. The van der Waals surface area contributed by atoms with Gasteiger partial charge in [0.05, 0.1) is 27.8 Å². The molecule has 0 bridgehead atoms. The number of carbonyl (C=O) groups excluding carboxylic acids is 2. The maximum absolute atomic E-state index is 13.3. The van der Waals surface area contributed by atoms with Crippen molar-refractivity contribution >= 4 is 43.5 Å². The first-order valence-corrected chi connectivity index (χ1v) is 12.7. The first kappa shape index (κ1) is 24.0. The second-order valence-corrected chi connectivity index (χ2v) is 10.5. The van der Waals surface area contributed by atoms with Crippen LogP contribution in [0.5, 0.6) is 0 Å². The molecular weight excluding hydrogens is 481 g/mol. The van der Waals surface area contributed by atoms with Gasteiger partial charge in [-0.15, -0.1) is 6.58 Å². The number of benzene rings is 2. The van der Waals surface area contributed by atoms with Gasteiger partial charge in [0, 0.05) is 13.1 Å². The zero-order chi connectivity index (χ0) is 24.5. The van der Waals surface area contributed by atoms with Crippen molar-refractivity contribution in [3.63, 3.8) is 0 Å². The summed E-state index contributed by atoms with van der Waals surface area (Å²) >= 11 is 1.21. The summed E-state index contributed by atoms with van der Waals surface area (Å²) in [6, 6.07) is 8.59. The predicted octanol–water partition coefficient (Wildman–Crippen LogP) is 3.10. The molecule has 1 saturated heterocycles. The van der Waals surface area contributed by atoms with Crippen LogP contribution >= 0.6 is 11.3 Å². The Morgan fingerprint density at radius 1 is 1.26 bits per heavy atom. The van der Waals surface area contributed by atoms with Gasteiger partial charge in [0.2, 0.25) is 10.0 Å². The number of sulfonamides is 1. The third kappa shape index (κ3) is 4.46. The van der Waals surface area contributed by atoms with Gasteiger partial charge < -0.3 is 9.30 Å². The lowest BCUT2D eigenvalue weighted by Crippen LogP contribution is -2.40. The van der Waals surface area contributed by atoms with E-state index in [4.69, 9.17) is 4.74 Å². The van der Waals surface area contributed by atoms with Gasteiger partial charge in [0.15, 0.2) is 4.80 Å². The van der Waals surface area contributed by atoms with Crippen molar-refractivity contribution in [2.75, 3.05) is 13.7 Å². The molecule has 4 rings (SSSR count). The van der Waals surface area contributed by atoms with Crippen LogP contribution in [0.1, 0.15) is 23.2 Å². The third-order valence-corrected chi connectivity index (χ3v) is 8.49. The monoisotopic (exact) mass is 503 g/mol. The lowest BCUT2D eigenvalue weighted by molar-refractivity contribution is -0.121. The number of carbonyl (C=O) groups is 2. The third-order valence-electron chi connectivity index (χ3n) is 5.53. The molecule has 8 nitrogen and oxygen atoms in total. The molecule has 34 heavy (non-hydrogen) atoms. The fraction of sp³-hybridized carbons (Fsp3) is 0.261. The zero-order valence-corrected chi connectivity index (χ0v) is 19.9. The van der Waals surface area contributed by atoms with Crippen LogP contribution in [0.3, 0.4) is 0 Å². The second-order valence-electron chi connectivity index (χ2n) is 7.64. The Morgan fingerprint density at radius 3 is 2.68 bits per heavy atom. The summed E-state index contributed by atoms with van der Waals surface area (Å²) in [5, 5.41) is 0. The molecule has 0 saturated carbocycles. The Morgan fingerprint density at radius 2 is 2.00 bits per heavy atom. The fourth-order valence-corrected chi connectivity index (χ4v) is 6.63. The van der Waals surface area contributed by atoms with Crippen LogP contribution in [0.4, 0.5) is 4.39 Å². The summed E-state index contributed by atoms with van der Waals surface area (Å²) in [6.45, 7) is 4.29. The smallest absolute Gasteiger partial charge is 0.337 e.